The van der Waals surface area contributed by atoms with Gasteiger partial charge >= 0.3 is 10.1 Å². The number of hydrogen-bond donors (Lipinski definition) is 0. The first-order chi connectivity index (χ1) is 10.1. The lowest BCUT2D eigenvalue weighted by Gasteiger charge is -2.09. The summed E-state index contributed by atoms with van der Waals surface area (Å²) in [6, 6.07) is 0. The van der Waals surface area contributed by atoms with Crippen LogP contribution in [0, 0.1) is 29.1 Å². The first-order valence-corrected chi connectivity index (χ1v) is 6.87. The SMILES string of the molecule is O=S(=O)(Oc1c(F)c(F)c(F)c(F)c1F)c1cnc(Cl)nc1. The summed E-state index contributed by atoms with van der Waals surface area (Å²) in [4.78, 5) is 5.76. The van der Waals surface area contributed by atoms with Crippen LogP contribution in [0.4, 0.5) is 22.0 Å². The van der Waals surface area contributed by atoms with Crippen molar-refractivity contribution in [2.75, 3.05) is 0 Å². The summed E-state index contributed by atoms with van der Waals surface area (Å²) < 4.78 is 92.8. The maximum Gasteiger partial charge on any atom is 0.342 e. The highest BCUT2D eigenvalue weighted by Crippen LogP contribution is 2.31. The monoisotopic (exact) mass is 360 g/mol. The zero-order valence-electron chi connectivity index (χ0n) is 9.95. The predicted octanol–water partition coefficient (Wildman–Crippen LogP) is 2.59. The Kier molecular flexibility index (Phi) is 4.20. The Labute approximate surface area is 124 Å². The molecule has 2 aromatic rings. The molecule has 0 bridgehead atoms. The summed E-state index contributed by atoms with van der Waals surface area (Å²) in [5, 5.41) is -0.338. The highest BCUT2D eigenvalue weighted by Gasteiger charge is 2.31. The maximum atomic E-state index is 13.4. The Balaban J connectivity index is 2.53. The Morgan fingerprint density at radius 2 is 1.27 bits per heavy atom. The van der Waals surface area contributed by atoms with Gasteiger partial charge in [-0.05, 0) is 11.6 Å². The third kappa shape index (κ3) is 2.81. The van der Waals surface area contributed by atoms with Crippen molar-refractivity contribution < 1.29 is 34.6 Å². The molecular formula is C10H2ClF5N2O3S. The highest BCUT2D eigenvalue weighted by molar-refractivity contribution is 7.87. The van der Waals surface area contributed by atoms with E-state index in [1.807, 2.05) is 0 Å². The van der Waals surface area contributed by atoms with E-state index in [9.17, 15) is 30.4 Å². The van der Waals surface area contributed by atoms with Gasteiger partial charge in [-0.15, -0.1) is 0 Å². The molecule has 0 spiro atoms. The van der Waals surface area contributed by atoms with Crippen molar-refractivity contribution in [2.24, 2.45) is 0 Å². The number of nitrogens with zero attached hydrogens (tertiary/aromatic N) is 2. The van der Waals surface area contributed by atoms with Crippen LogP contribution in [0.3, 0.4) is 0 Å². The largest absolute Gasteiger partial charge is 0.372 e. The van der Waals surface area contributed by atoms with Gasteiger partial charge in [-0.25, -0.2) is 23.1 Å². The van der Waals surface area contributed by atoms with Crippen LogP contribution in [-0.4, -0.2) is 18.4 Å². The van der Waals surface area contributed by atoms with Gasteiger partial charge in [0.15, 0.2) is 0 Å². The van der Waals surface area contributed by atoms with E-state index < -0.39 is 49.8 Å². The van der Waals surface area contributed by atoms with Crippen LogP contribution in [0.25, 0.3) is 0 Å². The van der Waals surface area contributed by atoms with Gasteiger partial charge in [0, 0.05) is 0 Å². The molecule has 12 heteroatoms. The molecule has 118 valence electrons. The molecule has 0 aliphatic heterocycles. The molecule has 0 N–H and O–H groups in total. The number of rotatable bonds is 3. The number of hydrogen-bond acceptors (Lipinski definition) is 5. The van der Waals surface area contributed by atoms with E-state index in [0.29, 0.717) is 12.4 Å². The van der Waals surface area contributed by atoms with Gasteiger partial charge in [-0.1, -0.05) is 0 Å². The van der Waals surface area contributed by atoms with E-state index in [-0.39, 0.29) is 5.28 Å². The first-order valence-electron chi connectivity index (χ1n) is 5.08. The topological polar surface area (TPSA) is 69.2 Å². The van der Waals surface area contributed by atoms with Crippen molar-refractivity contribution in [1.29, 1.82) is 0 Å². The molecule has 0 saturated carbocycles. The second kappa shape index (κ2) is 5.65. The van der Waals surface area contributed by atoms with Gasteiger partial charge in [-0.2, -0.15) is 17.2 Å². The standard InChI is InChI=1S/C10H2ClF5N2O3S/c11-10-17-1-3(2-18-10)22(19,20)21-9-7(15)5(13)4(12)6(14)8(9)16/h1-2H. The molecule has 0 saturated heterocycles. The molecular weight excluding hydrogens is 359 g/mol. The fourth-order valence-corrected chi connectivity index (χ4v) is 2.17. The van der Waals surface area contributed by atoms with E-state index in [1.165, 1.54) is 0 Å². The van der Waals surface area contributed by atoms with Crippen molar-refractivity contribution in [1.82, 2.24) is 9.97 Å². The lowest BCUT2D eigenvalue weighted by atomic mass is 10.3. The summed E-state index contributed by atoms with van der Waals surface area (Å²) in [7, 11) is -4.94. The lowest BCUT2D eigenvalue weighted by molar-refractivity contribution is 0.346. The Morgan fingerprint density at radius 3 is 1.73 bits per heavy atom. The third-order valence-electron chi connectivity index (χ3n) is 2.25. The summed E-state index contributed by atoms with van der Waals surface area (Å²) in [6.45, 7) is 0. The van der Waals surface area contributed by atoms with Crippen LogP contribution in [0.2, 0.25) is 5.28 Å². The van der Waals surface area contributed by atoms with Gasteiger partial charge in [0.25, 0.3) is 0 Å². The fraction of sp³-hybridized carbons (Fsp3) is 0. The fourth-order valence-electron chi connectivity index (χ4n) is 1.25. The van der Waals surface area contributed by atoms with Crippen molar-refractivity contribution in [3.05, 3.63) is 46.8 Å². The number of aromatic nitrogens is 2. The molecule has 1 heterocycles. The lowest BCUT2D eigenvalue weighted by Crippen LogP contribution is -2.15. The van der Waals surface area contributed by atoms with Crippen LogP contribution >= 0.6 is 11.6 Å². The minimum absolute atomic E-state index is 0.338. The predicted molar refractivity (Wildman–Crippen MR) is 61.1 cm³/mol. The zero-order valence-corrected chi connectivity index (χ0v) is 11.5. The van der Waals surface area contributed by atoms with Crippen LogP contribution in [-0.2, 0) is 10.1 Å². The molecule has 0 unspecified atom stereocenters. The van der Waals surface area contributed by atoms with Gasteiger partial charge < -0.3 is 4.18 Å². The average molecular weight is 361 g/mol. The highest BCUT2D eigenvalue weighted by atomic mass is 35.5. The molecule has 22 heavy (non-hydrogen) atoms. The minimum Gasteiger partial charge on any atom is -0.372 e. The summed E-state index contributed by atoms with van der Waals surface area (Å²) in [5.74, 6) is -14.0. The molecule has 1 aromatic carbocycles. The molecule has 0 aliphatic carbocycles. The number of halogens is 6. The van der Waals surface area contributed by atoms with Crippen LogP contribution in [0.5, 0.6) is 5.75 Å². The van der Waals surface area contributed by atoms with E-state index >= 15 is 0 Å². The quantitative estimate of drug-likeness (QED) is 0.277. The average Bonchev–Trinajstić information content (AvgIpc) is 2.48. The van der Waals surface area contributed by atoms with Crippen molar-refractivity contribution in [3.8, 4) is 5.75 Å². The molecule has 0 radical (unpaired) electrons. The summed E-state index contributed by atoms with van der Waals surface area (Å²) in [6.07, 6.45) is 1.24. The summed E-state index contributed by atoms with van der Waals surface area (Å²) in [5.41, 5.74) is 0. The molecule has 5 nitrogen and oxygen atoms in total. The second-order valence-corrected chi connectivity index (χ2v) is 5.51. The molecule has 0 amide bonds. The molecule has 0 aliphatic rings. The van der Waals surface area contributed by atoms with Crippen molar-refractivity contribution in [3.63, 3.8) is 0 Å². The van der Waals surface area contributed by atoms with Gasteiger partial charge in [0.05, 0.1) is 12.4 Å². The Bertz CT molecular complexity index is 816. The summed E-state index contributed by atoms with van der Waals surface area (Å²) >= 11 is 5.31. The zero-order chi connectivity index (χ0) is 16.7. The first kappa shape index (κ1) is 16.4. The number of benzene rings is 1. The van der Waals surface area contributed by atoms with Crippen molar-refractivity contribution >= 4 is 21.7 Å². The molecule has 2 rings (SSSR count). The smallest absolute Gasteiger partial charge is 0.342 e. The van der Waals surface area contributed by atoms with Gasteiger partial charge in [-0.3, -0.25) is 0 Å². The molecule has 0 fully saturated rings. The molecule has 0 atom stereocenters. The van der Waals surface area contributed by atoms with Crippen LogP contribution in [0.15, 0.2) is 17.3 Å². The normalized spacial score (nSPS) is 11.5. The van der Waals surface area contributed by atoms with Crippen LogP contribution in [0.1, 0.15) is 0 Å². The van der Waals surface area contributed by atoms with Gasteiger partial charge in [0.2, 0.25) is 40.1 Å². The Morgan fingerprint density at radius 1 is 0.864 bits per heavy atom. The Hall–Kier alpha value is -2.01. The van der Waals surface area contributed by atoms with E-state index in [2.05, 4.69) is 14.2 Å². The van der Waals surface area contributed by atoms with Gasteiger partial charge in [0.1, 0.15) is 4.90 Å². The van der Waals surface area contributed by atoms with Crippen molar-refractivity contribution in [2.45, 2.75) is 4.90 Å². The van der Waals surface area contributed by atoms with E-state index in [1.54, 1.807) is 0 Å². The van der Waals surface area contributed by atoms with E-state index in [0.717, 1.165) is 0 Å². The maximum absolute atomic E-state index is 13.4. The minimum atomic E-state index is -4.94. The third-order valence-corrected chi connectivity index (χ3v) is 3.62. The van der Waals surface area contributed by atoms with Crippen LogP contribution < -0.4 is 4.18 Å². The van der Waals surface area contributed by atoms with E-state index in [4.69, 9.17) is 11.6 Å². The molecule has 1 aromatic heterocycles. The second-order valence-electron chi connectivity index (χ2n) is 3.62.